The molecule has 0 rings (SSSR count). The number of hydrogen-bond donors (Lipinski definition) is 1. The molecule has 60 valence electrons. The SMILES string of the molecule is C#CCC(CC)(CO)CC#C. The average molecular weight is 150 g/mol. The molecule has 0 atom stereocenters. The molecule has 0 saturated heterocycles. The van der Waals surface area contributed by atoms with Crippen molar-refractivity contribution < 1.29 is 5.11 Å². The number of aliphatic hydroxyl groups excluding tert-OH is 1. The van der Waals surface area contributed by atoms with Crippen LogP contribution in [0, 0.1) is 30.1 Å². The molecule has 0 radical (unpaired) electrons. The lowest BCUT2D eigenvalue weighted by Gasteiger charge is -2.25. The van der Waals surface area contributed by atoms with E-state index in [1.807, 2.05) is 6.92 Å². The maximum atomic E-state index is 9.05. The van der Waals surface area contributed by atoms with Gasteiger partial charge in [0.2, 0.25) is 0 Å². The van der Waals surface area contributed by atoms with Gasteiger partial charge in [-0.15, -0.1) is 24.7 Å². The fourth-order valence-corrected chi connectivity index (χ4v) is 0.969. The number of aliphatic hydroxyl groups is 1. The van der Waals surface area contributed by atoms with Crippen LogP contribution in [-0.4, -0.2) is 11.7 Å². The van der Waals surface area contributed by atoms with Crippen molar-refractivity contribution in [3.63, 3.8) is 0 Å². The van der Waals surface area contributed by atoms with Crippen LogP contribution in [0.15, 0.2) is 0 Å². The zero-order valence-corrected chi connectivity index (χ0v) is 6.93. The van der Waals surface area contributed by atoms with Crippen LogP contribution in [0.5, 0.6) is 0 Å². The molecule has 0 aromatic carbocycles. The lowest BCUT2D eigenvalue weighted by molar-refractivity contribution is 0.129. The summed E-state index contributed by atoms with van der Waals surface area (Å²) in [7, 11) is 0. The van der Waals surface area contributed by atoms with Crippen LogP contribution >= 0.6 is 0 Å². The average Bonchev–Trinajstić information content (AvgIpc) is 2.04. The minimum atomic E-state index is -0.233. The summed E-state index contributed by atoms with van der Waals surface area (Å²) in [6.45, 7) is 2.07. The van der Waals surface area contributed by atoms with E-state index in [0.29, 0.717) is 12.8 Å². The van der Waals surface area contributed by atoms with Gasteiger partial charge in [0.15, 0.2) is 0 Å². The molecule has 0 saturated carbocycles. The van der Waals surface area contributed by atoms with Crippen LogP contribution in [0.2, 0.25) is 0 Å². The van der Waals surface area contributed by atoms with Crippen molar-refractivity contribution in [1.29, 1.82) is 0 Å². The number of terminal acetylenes is 2. The van der Waals surface area contributed by atoms with E-state index >= 15 is 0 Å². The second-order valence-corrected chi connectivity index (χ2v) is 2.77. The van der Waals surface area contributed by atoms with E-state index in [1.54, 1.807) is 0 Å². The van der Waals surface area contributed by atoms with Crippen LogP contribution in [-0.2, 0) is 0 Å². The van der Waals surface area contributed by atoms with E-state index in [1.165, 1.54) is 0 Å². The fraction of sp³-hybridized carbons (Fsp3) is 0.600. The number of rotatable bonds is 4. The second-order valence-electron chi connectivity index (χ2n) is 2.77. The zero-order chi connectivity index (χ0) is 8.74. The summed E-state index contributed by atoms with van der Waals surface area (Å²) in [5, 5.41) is 9.05. The Hall–Kier alpha value is -0.920. The summed E-state index contributed by atoms with van der Waals surface area (Å²) in [5.41, 5.74) is -0.233. The van der Waals surface area contributed by atoms with Crippen molar-refractivity contribution in [1.82, 2.24) is 0 Å². The lowest BCUT2D eigenvalue weighted by atomic mass is 9.80. The first-order valence-corrected chi connectivity index (χ1v) is 3.72. The summed E-state index contributed by atoms with van der Waals surface area (Å²) < 4.78 is 0. The first-order valence-electron chi connectivity index (χ1n) is 3.72. The molecule has 0 amide bonds. The molecular weight excluding hydrogens is 136 g/mol. The van der Waals surface area contributed by atoms with E-state index in [9.17, 15) is 0 Å². The summed E-state index contributed by atoms with van der Waals surface area (Å²) >= 11 is 0. The largest absolute Gasteiger partial charge is 0.396 e. The van der Waals surface area contributed by atoms with E-state index in [-0.39, 0.29) is 12.0 Å². The third-order valence-corrected chi connectivity index (χ3v) is 2.04. The van der Waals surface area contributed by atoms with Gasteiger partial charge in [0.25, 0.3) is 0 Å². The van der Waals surface area contributed by atoms with Crippen LogP contribution < -0.4 is 0 Å². The van der Waals surface area contributed by atoms with Crippen molar-refractivity contribution in [3.8, 4) is 24.7 Å². The quantitative estimate of drug-likeness (QED) is 0.601. The standard InChI is InChI=1S/C10H14O/c1-4-7-10(6-3,9-11)8-5-2/h1-2,11H,6-9H2,3H3. The normalized spacial score (nSPS) is 10.2. The van der Waals surface area contributed by atoms with Gasteiger partial charge in [-0.1, -0.05) is 6.92 Å². The van der Waals surface area contributed by atoms with Crippen molar-refractivity contribution in [2.75, 3.05) is 6.61 Å². The van der Waals surface area contributed by atoms with E-state index < -0.39 is 0 Å². The highest BCUT2D eigenvalue weighted by Crippen LogP contribution is 2.28. The van der Waals surface area contributed by atoms with E-state index in [2.05, 4.69) is 11.8 Å². The minimum Gasteiger partial charge on any atom is -0.396 e. The van der Waals surface area contributed by atoms with Crippen molar-refractivity contribution >= 4 is 0 Å². The van der Waals surface area contributed by atoms with Gasteiger partial charge in [0.05, 0.1) is 6.61 Å². The molecule has 11 heavy (non-hydrogen) atoms. The molecule has 0 spiro atoms. The molecule has 0 bridgehead atoms. The Morgan fingerprint density at radius 3 is 1.91 bits per heavy atom. The Kier molecular flexibility index (Phi) is 4.42. The zero-order valence-electron chi connectivity index (χ0n) is 6.93. The Morgan fingerprint density at radius 1 is 1.27 bits per heavy atom. The van der Waals surface area contributed by atoms with Gasteiger partial charge in [-0.05, 0) is 6.42 Å². The van der Waals surface area contributed by atoms with Gasteiger partial charge >= 0.3 is 0 Å². The highest BCUT2D eigenvalue weighted by Gasteiger charge is 2.24. The smallest absolute Gasteiger partial charge is 0.0505 e. The Bertz CT molecular complexity index is 158. The predicted octanol–water partition coefficient (Wildman–Crippen LogP) is 1.42. The molecule has 0 fully saturated rings. The molecular formula is C10H14O. The summed E-state index contributed by atoms with van der Waals surface area (Å²) in [6.07, 6.45) is 12.3. The third-order valence-electron chi connectivity index (χ3n) is 2.04. The molecule has 0 aromatic heterocycles. The van der Waals surface area contributed by atoms with Crippen molar-refractivity contribution in [3.05, 3.63) is 0 Å². The monoisotopic (exact) mass is 150 g/mol. The van der Waals surface area contributed by atoms with Gasteiger partial charge in [-0.3, -0.25) is 0 Å². The molecule has 0 heterocycles. The van der Waals surface area contributed by atoms with Crippen LogP contribution in [0.1, 0.15) is 26.2 Å². The highest BCUT2D eigenvalue weighted by molar-refractivity contribution is 5.00. The topological polar surface area (TPSA) is 20.2 Å². The number of hydrogen-bond acceptors (Lipinski definition) is 1. The van der Waals surface area contributed by atoms with Crippen LogP contribution in [0.4, 0.5) is 0 Å². The molecule has 0 aliphatic carbocycles. The Balaban J connectivity index is 4.25. The fourth-order valence-electron chi connectivity index (χ4n) is 0.969. The maximum absolute atomic E-state index is 9.05. The Morgan fingerprint density at radius 2 is 1.73 bits per heavy atom. The molecule has 1 N–H and O–H groups in total. The molecule has 1 nitrogen and oxygen atoms in total. The lowest BCUT2D eigenvalue weighted by Crippen LogP contribution is -2.23. The highest BCUT2D eigenvalue weighted by atomic mass is 16.3. The van der Waals surface area contributed by atoms with Gasteiger partial charge in [0, 0.05) is 18.3 Å². The predicted molar refractivity (Wildman–Crippen MR) is 46.7 cm³/mol. The van der Waals surface area contributed by atoms with Crippen LogP contribution in [0.3, 0.4) is 0 Å². The van der Waals surface area contributed by atoms with Gasteiger partial charge in [0.1, 0.15) is 0 Å². The first kappa shape index (κ1) is 10.1. The first-order chi connectivity index (χ1) is 5.24. The van der Waals surface area contributed by atoms with Gasteiger partial charge in [-0.25, -0.2) is 0 Å². The van der Waals surface area contributed by atoms with Crippen LogP contribution in [0.25, 0.3) is 0 Å². The van der Waals surface area contributed by atoms with Crippen molar-refractivity contribution in [2.24, 2.45) is 5.41 Å². The van der Waals surface area contributed by atoms with Crippen molar-refractivity contribution in [2.45, 2.75) is 26.2 Å². The Labute approximate surface area is 68.8 Å². The van der Waals surface area contributed by atoms with E-state index in [0.717, 1.165) is 6.42 Å². The third kappa shape index (κ3) is 2.66. The molecule has 1 heteroatoms. The van der Waals surface area contributed by atoms with Gasteiger partial charge < -0.3 is 5.11 Å². The summed E-state index contributed by atoms with van der Waals surface area (Å²) in [4.78, 5) is 0. The maximum Gasteiger partial charge on any atom is 0.0505 e. The summed E-state index contributed by atoms with van der Waals surface area (Å²) in [5.74, 6) is 5.08. The van der Waals surface area contributed by atoms with Gasteiger partial charge in [-0.2, -0.15) is 0 Å². The minimum absolute atomic E-state index is 0.0812. The second kappa shape index (κ2) is 4.83. The molecule has 0 aliphatic rings. The molecule has 0 aliphatic heterocycles. The molecule has 0 aromatic rings. The molecule has 0 unspecified atom stereocenters. The van der Waals surface area contributed by atoms with E-state index in [4.69, 9.17) is 18.0 Å². The summed E-state index contributed by atoms with van der Waals surface area (Å²) in [6, 6.07) is 0.